The van der Waals surface area contributed by atoms with Crippen molar-refractivity contribution >= 4 is 28.4 Å². The van der Waals surface area contributed by atoms with Gasteiger partial charge in [-0.15, -0.1) is 6.58 Å². The number of aromatic nitrogens is 1. The highest BCUT2D eigenvalue weighted by Crippen LogP contribution is 2.18. The third-order valence-corrected chi connectivity index (χ3v) is 3.00. The lowest BCUT2D eigenvalue weighted by Crippen LogP contribution is -2.23. The number of halogens is 1. The van der Waals surface area contributed by atoms with E-state index in [1.54, 1.807) is 6.08 Å². The van der Waals surface area contributed by atoms with Gasteiger partial charge in [-0.1, -0.05) is 29.8 Å². The van der Waals surface area contributed by atoms with E-state index in [9.17, 15) is 4.79 Å². The van der Waals surface area contributed by atoms with Crippen molar-refractivity contribution < 1.29 is 4.79 Å². The Labute approximate surface area is 117 Å². The molecule has 1 heterocycles. The topological polar surface area (TPSA) is 42.0 Å². The second-order valence-electron chi connectivity index (χ2n) is 4.23. The third kappa shape index (κ3) is 3.80. The van der Waals surface area contributed by atoms with Crippen LogP contribution in [0.3, 0.4) is 0 Å². The molecule has 1 aromatic carbocycles. The minimum absolute atomic E-state index is 0.00731. The number of pyridine rings is 1. The summed E-state index contributed by atoms with van der Waals surface area (Å²) < 4.78 is 0. The Morgan fingerprint density at radius 3 is 2.95 bits per heavy atom. The van der Waals surface area contributed by atoms with Gasteiger partial charge >= 0.3 is 0 Å². The van der Waals surface area contributed by atoms with Gasteiger partial charge in [0.15, 0.2) is 0 Å². The normalized spacial score (nSPS) is 10.4. The standard InChI is InChI=1S/C15H15ClN2O/c1-2-9-17-15(19)8-7-13-6-4-11-3-5-12(16)10-14(11)18-13/h2-6,10H,1,7-9H2,(H,17,19). The van der Waals surface area contributed by atoms with E-state index in [1.165, 1.54) is 0 Å². The van der Waals surface area contributed by atoms with Crippen molar-refractivity contribution in [1.82, 2.24) is 10.3 Å². The molecule has 1 amide bonds. The molecule has 0 radical (unpaired) electrons. The van der Waals surface area contributed by atoms with Crippen molar-refractivity contribution in [2.75, 3.05) is 6.54 Å². The number of nitrogens with one attached hydrogen (secondary N) is 1. The van der Waals surface area contributed by atoms with Crippen LogP contribution in [0.2, 0.25) is 5.02 Å². The van der Waals surface area contributed by atoms with E-state index in [0.717, 1.165) is 16.6 Å². The Balaban J connectivity index is 2.04. The molecular formula is C15H15ClN2O. The zero-order valence-corrected chi connectivity index (χ0v) is 11.3. The lowest BCUT2D eigenvalue weighted by molar-refractivity contribution is -0.120. The van der Waals surface area contributed by atoms with Gasteiger partial charge in [0.05, 0.1) is 5.52 Å². The van der Waals surface area contributed by atoms with E-state index in [2.05, 4.69) is 16.9 Å². The van der Waals surface area contributed by atoms with Crippen LogP contribution in [0.1, 0.15) is 12.1 Å². The van der Waals surface area contributed by atoms with E-state index in [-0.39, 0.29) is 5.91 Å². The van der Waals surface area contributed by atoms with Gasteiger partial charge in [-0.2, -0.15) is 0 Å². The number of hydrogen-bond acceptors (Lipinski definition) is 2. The molecule has 98 valence electrons. The highest BCUT2D eigenvalue weighted by atomic mass is 35.5. The number of amides is 1. The number of hydrogen-bond donors (Lipinski definition) is 1. The minimum atomic E-state index is 0.00731. The summed E-state index contributed by atoms with van der Waals surface area (Å²) in [5.74, 6) is 0.00731. The molecule has 0 aliphatic carbocycles. The summed E-state index contributed by atoms with van der Waals surface area (Å²) in [6, 6.07) is 9.55. The van der Waals surface area contributed by atoms with E-state index >= 15 is 0 Å². The molecule has 0 spiro atoms. The van der Waals surface area contributed by atoms with Gasteiger partial charge in [0.2, 0.25) is 5.91 Å². The maximum Gasteiger partial charge on any atom is 0.220 e. The van der Waals surface area contributed by atoms with Crippen molar-refractivity contribution in [2.45, 2.75) is 12.8 Å². The molecule has 0 unspecified atom stereocenters. The molecule has 4 heteroatoms. The van der Waals surface area contributed by atoms with Crippen LogP contribution < -0.4 is 5.32 Å². The molecular weight excluding hydrogens is 260 g/mol. The average Bonchev–Trinajstić information content (AvgIpc) is 2.42. The smallest absolute Gasteiger partial charge is 0.220 e. The second-order valence-corrected chi connectivity index (χ2v) is 4.67. The number of aryl methyl sites for hydroxylation is 1. The Morgan fingerprint density at radius 1 is 1.37 bits per heavy atom. The number of fused-ring (bicyclic) bond motifs is 1. The first kappa shape index (κ1) is 13.6. The lowest BCUT2D eigenvalue weighted by Gasteiger charge is -2.04. The zero-order valence-electron chi connectivity index (χ0n) is 10.5. The van der Waals surface area contributed by atoms with E-state index in [1.807, 2.05) is 30.3 Å². The van der Waals surface area contributed by atoms with Crippen LogP contribution in [0.5, 0.6) is 0 Å². The minimum Gasteiger partial charge on any atom is -0.353 e. The molecule has 0 fully saturated rings. The molecule has 0 saturated carbocycles. The first-order valence-corrected chi connectivity index (χ1v) is 6.49. The van der Waals surface area contributed by atoms with Gasteiger partial charge in [-0.25, -0.2) is 0 Å². The van der Waals surface area contributed by atoms with Crippen LogP contribution in [-0.2, 0) is 11.2 Å². The van der Waals surface area contributed by atoms with Gasteiger partial charge < -0.3 is 5.32 Å². The Kier molecular flexibility index (Phi) is 4.53. The Hall–Kier alpha value is -1.87. The van der Waals surface area contributed by atoms with Crippen LogP contribution in [0, 0.1) is 0 Å². The highest BCUT2D eigenvalue weighted by Gasteiger charge is 2.03. The first-order valence-electron chi connectivity index (χ1n) is 6.12. The Morgan fingerprint density at radius 2 is 2.16 bits per heavy atom. The summed E-state index contributed by atoms with van der Waals surface area (Å²) in [6.45, 7) is 4.05. The van der Waals surface area contributed by atoms with Crippen LogP contribution in [0.25, 0.3) is 10.9 Å². The quantitative estimate of drug-likeness (QED) is 0.851. The molecule has 0 aliphatic rings. The van der Waals surface area contributed by atoms with Crippen molar-refractivity contribution in [3.05, 3.63) is 53.7 Å². The van der Waals surface area contributed by atoms with Crippen LogP contribution in [-0.4, -0.2) is 17.4 Å². The van der Waals surface area contributed by atoms with Crippen molar-refractivity contribution in [3.8, 4) is 0 Å². The molecule has 0 atom stereocenters. The van der Waals surface area contributed by atoms with Crippen LogP contribution in [0.15, 0.2) is 43.0 Å². The van der Waals surface area contributed by atoms with E-state index in [0.29, 0.717) is 24.4 Å². The maximum atomic E-state index is 11.5. The van der Waals surface area contributed by atoms with E-state index in [4.69, 9.17) is 11.6 Å². The number of nitrogens with zero attached hydrogens (tertiary/aromatic N) is 1. The predicted octanol–water partition coefficient (Wildman–Crippen LogP) is 3.12. The fraction of sp³-hybridized carbons (Fsp3) is 0.200. The summed E-state index contributed by atoms with van der Waals surface area (Å²) in [5, 5.41) is 4.46. The van der Waals surface area contributed by atoms with Gasteiger partial charge in [0.25, 0.3) is 0 Å². The van der Waals surface area contributed by atoms with Gasteiger partial charge in [0.1, 0.15) is 0 Å². The molecule has 2 rings (SSSR count). The summed E-state index contributed by atoms with van der Waals surface area (Å²) in [7, 11) is 0. The van der Waals surface area contributed by atoms with Crippen molar-refractivity contribution in [3.63, 3.8) is 0 Å². The molecule has 19 heavy (non-hydrogen) atoms. The molecule has 0 aliphatic heterocycles. The fourth-order valence-electron chi connectivity index (χ4n) is 1.79. The largest absolute Gasteiger partial charge is 0.353 e. The predicted molar refractivity (Wildman–Crippen MR) is 78.3 cm³/mol. The Bertz CT molecular complexity index is 610. The summed E-state index contributed by atoms with van der Waals surface area (Å²) in [4.78, 5) is 16.0. The SMILES string of the molecule is C=CCNC(=O)CCc1ccc2ccc(Cl)cc2n1. The van der Waals surface area contributed by atoms with E-state index < -0.39 is 0 Å². The number of benzene rings is 1. The van der Waals surface area contributed by atoms with Crippen LogP contribution >= 0.6 is 11.6 Å². The zero-order chi connectivity index (χ0) is 13.7. The molecule has 2 aromatic rings. The maximum absolute atomic E-state index is 11.5. The second kappa shape index (κ2) is 6.34. The van der Waals surface area contributed by atoms with Gasteiger partial charge in [-0.3, -0.25) is 9.78 Å². The highest BCUT2D eigenvalue weighted by molar-refractivity contribution is 6.31. The third-order valence-electron chi connectivity index (χ3n) is 2.76. The summed E-state index contributed by atoms with van der Waals surface area (Å²) in [6.07, 6.45) is 2.70. The van der Waals surface area contributed by atoms with Crippen LogP contribution in [0.4, 0.5) is 0 Å². The monoisotopic (exact) mass is 274 g/mol. The van der Waals surface area contributed by atoms with Gasteiger partial charge in [0, 0.05) is 29.1 Å². The molecule has 0 bridgehead atoms. The van der Waals surface area contributed by atoms with Crippen molar-refractivity contribution in [2.24, 2.45) is 0 Å². The van der Waals surface area contributed by atoms with Crippen molar-refractivity contribution in [1.29, 1.82) is 0 Å². The first-order chi connectivity index (χ1) is 9.19. The fourth-order valence-corrected chi connectivity index (χ4v) is 1.95. The lowest BCUT2D eigenvalue weighted by atomic mass is 10.1. The number of carbonyl (C=O) groups excluding carboxylic acids is 1. The molecule has 0 saturated heterocycles. The summed E-state index contributed by atoms with van der Waals surface area (Å²) in [5.41, 5.74) is 1.75. The van der Waals surface area contributed by atoms with Gasteiger partial charge in [-0.05, 0) is 24.6 Å². The molecule has 1 aromatic heterocycles. The number of rotatable bonds is 5. The molecule has 1 N–H and O–H groups in total. The summed E-state index contributed by atoms with van der Waals surface area (Å²) >= 11 is 5.94. The number of carbonyl (C=O) groups is 1. The average molecular weight is 275 g/mol. The molecule has 3 nitrogen and oxygen atoms in total.